The van der Waals surface area contributed by atoms with Crippen LogP contribution in [0.3, 0.4) is 0 Å². The van der Waals surface area contributed by atoms with Gasteiger partial charge in [0, 0.05) is 30.3 Å². The third kappa shape index (κ3) is 3.13. The highest BCUT2D eigenvalue weighted by Crippen LogP contribution is 2.35. The number of fused-ring (bicyclic) bond motifs is 2. The predicted octanol–water partition coefficient (Wildman–Crippen LogP) is 3.20. The van der Waals surface area contributed by atoms with Gasteiger partial charge in [-0.15, -0.1) is 0 Å². The van der Waals surface area contributed by atoms with Crippen LogP contribution in [-0.4, -0.2) is 36.9 Å². The van der Waals surface area contributed by atoms with E-state index in [-0.39, 0.29) is 0 Å². The summed E-state index contributed by atoms with van der Waals surface area (Å²) in [4.78, 5) is 15.0. The Bertz CT molecular complexity index is 538. The third-order valence-electron chi connectivity index (χ3n) is 4.89. The molecule has 0 amide bonds. The number of hydrogen-bond acceptors (Lipinski definition) is 3. The molecule has 3 nitrogen and oxygen atoms in total. The summed E-state index contributed by atoms with van der Waals surface area (Å²) in [5.74, 6) is 1.55. The number of hydrogen-bond donors (Lipinski definition) is 1. The van der Waals surface area contributed by atoms with E-state index in [1.807, 2.05) is 0 Å². The minimum absolute atomic E-state index is 0.342. The number of carbonyl (C=O) groups excluding carboxylic acids is 1. The molecule has 0 aromatic heterocycles. The molecule has 3 rings (SSSR count). The molecule has 2 atom stereocenters. The van der Waals surface area contributed by atoms with E-state index >= 15 is 0 Å². The number of nitrogens with one attached hydrogen (secondary N) is 1. The van der Waals surface area contributed by atoms with Gasteiger partial charge in [0.25, 0.3) is 0 Å². The SMILES string of the molecule is CC(C)Nc1ccc2c(c1)C(=O)C[C@@H]1CCN(C)C[C@H]1C2. The molecule has 1 N–H and O–H groups in total. The highest BCUT2D eigenvalue weighted by molar-refractivity contribution is 5.99. The molecular weight excluding hydrogens is 260 g/mol. The lowest BCUT2D eigenvalue weighted by Crippen LogP contribution is -2.38. The van der Waals surface area contributed by atoms with Gasteiger partial charge in [-0.25, -0.2) is 0 Å². The van der Waals surface area contributed by atoms with Crippen molar-refractivity contribution < 1.29 is 4.79 Å². The number of nitrogens with zero attached hydrogens (tertiary/aromatic N) is 1. The van der Waals surface area contributed by atoms with E-state index in [9.17, 15) is 4.79 Å². The molecule has 0 spiro atoms. The molecule has 0 unspecified atom stereocenters. The van der Waals surface area contributed by atoms with E-state index in [4.69, 9.17) is 0 Å². The lowest BCUT2D eigenvalue weighted by atomic mass is 9.81. The maximum atomic E-state index is 12.6. The Morgan fingerprint density at radius 3 is 2.81 bits per heavy atom. The molecule has 0 saturated carbocycles. The fourth-order valence-corrected chi connectivity index (χ4v) is 3.83. The molecule has 114 valence electrons. The normalized spacial score (nSPS) is 26.2. The van der Waals surface area contributed by atoms with E-state index in [0.717, 1.165) is 43.6 Å². The summed E-state index contributed by atoms with van der Waals surface area (Å²) in [6.45, 7) is 6.50. The lowest BCUT2D eigenvalue weighted by molar-refractivity contribution is 0.0890. The zero-order valence-electron chi connectivity index (χ0n) is 13.4. The molecule has 1 aromatic rings. The maximum Gasteiger partial charge on any atom is 0.163 e. The highest BCUT2D eigenvalue weighted by atomic mass is 16.1. The summed E-state index contributed by atoms with van der Waals surface area (Å²) < 4.78 is 0. The van der Waals surface area contributed by atoms with Crippen LogP contribution < -0.4 is 5.32 Å². The molecule has 0 radical (unpaired) electrons. The molecule has 0 bridgehead atoms. The van der Waals surface area contributed by atoms with Gasteiger partial charge in [-0.1, -0.05) is 6.07 Å². The van der Waals surface area contributed by atoms with Crippen molar-refractivity contribution >= 4 is 11.5 Å². The van der Waals surface area contributed by atoms with E-state index in [0.29, 0.717) is 23.7 Å². The first-order valence-electron chi connectivity index (χ1n) is 8.14. The van der Waals surface area contributed by atoms with Gasteiger partial charge in [-0.05, 0) is 69.8 Å². The molecule has 1 heterocycles. The van der Waals surface area contributed by atoms with Gasteiger partial charge >= 0.3 is 0 Å². The lowest BCUT2D eigenvalue weighted by Gasteiger charge is -2.35. The van der Waals surface area contributed by atoms with Crippen molar-refractivity contribution in [2.45, 2.75) is 39.2 Å². The summed E-state index contributed by atoms with van der Waals surface area (Å²) >= 11 is 0. The van der Waals surface area contributed by atoms with Crippen molar-refractivity contribution in [2.75, 3.05) is 25.5 Å². The summed E-state index contributed by atoms with van der Waals surface area (Å²) in [6, 6.07) is 6.74. The summed E-state index contributed by atoms with van der Waals surface area (Å²) in [5, 5.41) is 3.41. The third-order valence-corrected chi connectivity index (χ3v) is 4.89. The van der Waals surface area contributed by atoms with Gasteiger partial charge in [-0.3, -0.25) is 4.79 Å². The standard InChI is InChI=1S/C18H26N2O/c1-12(2)19-16-5-4-14-8-15-11-20(3)7-6-13(15)9-18(21)17(14)10-16/h4-5,10,12-13,15,19H,6-9,11H2,1-3H3/t13-,15+/m0/s1. The Morgan fingerprint density at radius 2 is 2.05 bits per heavy atom. The fourth-order valence-electron chi connectivity index (χ4n) is 3.83. The number of benzene rings is 1. The Hall–Kier alpha value is -1.35. The van der Waals surface area contributed by atoms with Crippen LogP contribution in [0.4, 0.5) is 5.69 Å². The quantitative estimate of drug-likeness (QED) is 0.906. The highest BCUT2D eigenvalue weighted by Gasteiger charge is 2.33. The van der Waals surface area contributed by atoms with Crippen LogP contribution >= 0.6 is 0 Å². The van der Waals surface area contributed by atoms with Crippen molar-refractivity contribution in [3.8, 4) is 0 Å². The first kappa shape index (κ1) is 14.6. The molecule has 21 heavy (non-hydrogen) atoms. The maximum absolute atomic E-state index is 12.6. The molecule has 2 aliphatic rings. The number of rotatable bonds is 2. The average Bonchev–Trinajstić information content (AvgIpc) is 2.55. The van der Waals surface area contributed by atoms with Gasteiger partial charge in [0.05, 0.1) is 0 Å². The zero-order chi connectivity index (χ0) is 15.0. The summed E-state index contributed by atoms with van der Waals surface area (Å²) in [7, 11) is 2.19. The number of likely N-dealkylation sites (tertiary alicyclic amines) is 1. The van der Waals surface area contributed by atoms with Crippen LogP contribution in [0.5, 0.6) is 0 Å². The summed E-state index contributed by atoms with van der Waals surface area (Å²) in [6.07, 6.45) is 2.95. The van der Waals surface area contributed by atoms with E-state index in [1.54, 1.807) is 0 Å². The van der Waals surface area contributed by atoms with Crippen LogP contribution in [0, 0.1) is 11.8 Å². The smallest absolute Gasteiger partial charge is 0.163 e. The van der Waals surface area contributed by atoms with Crippen molar-refractivity contribution in [1.29, 1.82) is 0 Å². The molecule has 1 aromatic carbocycles. The Kier molecular flexibility index (Phi) is 4.03. The van der Waals surface area contributed by atoms with E-state index < -0.39 is 0 Å². The van der Waals surface area contributed by atoms with Crippen molar-refractivity contribution in [3.63, 3.8) is 0 Å². The fraction of sp³-hybridized carbons (Fsp3) is 0.611. The molecule has 1 aliphatic carbocycles. The molecule has 1 saturated heterocycles. The van der Waals surface area contributed by atoms with Gasteiger partial charge < -0.3 is 10.2 Å². The number of ketones is 1. The number of anilines is 1. The number of carbonyl (C=O) groups is 1. The van der Waals surface area contributed by atoms with Crippen molar-refractivity contribution in [1.82, 2.24) is 4.90 Å². The first-order valence-corrected chi connectivity index (χ1v) is 8.14. The second-order valence-corrected chi connectivity index (χ2v) is 7.07. The van der Waals surface area contributed by atoms with Crippen LogP contribution in [0.2, 0.25) is 0 Å². The summed E-state index contributed by atoms with van der Waals surface area (Å²) in [5.41, 5.74) is 3.27. The average molecular weight is 286 g/mol. The van der Waals surface area contributed by atoms with Gasteiger partial charge in [0.1, 0.15) is 0 Å². The Balaban J connectivity index is 1.88. The minimum Gasteiger partial charge on any atom is -0.383 e. The van der Waals surface area contributed by atoms with Crippen molar-refractivity contribution in [2.24, 2.45) is 11.8 Å². The molecule has 1 fully saturated rings. The van der Waals surface area contributed by atoms with Gasteiger partial charge in [0.2, 0.25) is 0 Å². The van der Waals surface area contributed by atoms with Crippen LogP contribution in [-0.2, 0) is 6.42 Å². The second-order valence-electron chi connectivity index (χ2n) is 7.07. The monoisotopic (exact) mass is 286 g/mol. The topological polar surface area (TPSA) is 32.3 Å². The van der Waals surface area contributed by atoms with Crippen LogP contribution in [0.15, 0.2) is 18.2 Å². The Morgan fingerprint density at radius 1 is 1.24 bits per heavy atom. The molecule has 1 aliphatic heterocycles. The van der Waals surface area contributed by atoms with E-state index in [2.05, 4.69) is 49.3 Å². The van der Waals surface area contributed by atoms with Gasteiger partial charge in [-0.2, -0.15) is 0 Å². The van der Waals surface area contributed by atoms with Crippen LogP contribution in [0.1, 0.15) is 42.6 Å². The molecular formula is C18H26N2O. The van der Waals surface area contributed by atoms with Crippen LogP contribution in [0.25, 0.3) is 0 Å². The van der Waals surface area contributed by atoms with Crippen molar-refractivity contribution in [3.05, 3.63) is 29.3 Å². The minimum atomic E-state index is 0.342. The predicted molar refractivity (Wildman–Crippen MR) is 86.9 cm³/mol. The van der Waals surface area contributed by atoms with E-state index in [1.165, 1.54) is 5.56 Å². The second kappa shape index (κ2) is 5.80. The van der Waals surface area contributed by atoms with Gasteiger partial charge in [0.15, 0.2) is 5.78 Å². The zero-order valence-corrected chi connectivity index (χ0v) is 13.4. The number of piperidine rings is 1. The first-order chi connectivity index (χ1) is 10.0. The molecule has 3 heteroatoms. The Labute approximate surface area is 127 Å². The largest absolute Gasteiger partial charge is 0.383 e. The number of Topliss-reactive ketones (excluding diaryl/α,β-unsaturated/α-hetero) is 1.